The summed E-state index contributed by atoms with van der Waals surface area (Å²) in [5.41, 5.74) is 8.84. The molecule has 1 heterocycles. The zero-order valence-corrected chi connectivity index (χ0v) is 11.3. The number of rotatable bonds is 5. The first-order valence-corrected chi connectivity index (χ1v) is 6.33. The summed E-state index contributed by atoms with van der Waals surface area (Å²) in [5.74, 6) is 0.738. The monoisotopic (exact) mass is 257 g/mol. The Kier molecular flexibility index (Phi) is 4.23. The average Bonchev–Trinajstić information content (AvgIpc) is 2.42. The Hall–Kier alpha value is -2.23. The zero-order chi connectivity index (χ0) is 13.7. The molecule has 0 spiro atoms. The van der Waals surface area contributed by atoms with Gasteiger partial charge in [-0.3, -0.25) is 4.98 Å². The molecule has 0 aliphatic rings. The maximum atomic E-state index is 5.88. The molecule has 19 heavy (non-hydrogen) atoms. The van der Waals surface area contributed by atoms with E-state index in [1.807, 2.05) is 44.3 Å². The van der Waals surface area contributed by atoms with Gasteiger partial charge < -0.3 is 15.4 Å². The van der Waals surface area contributed by atoms with Gasteiger partial charge in [-0.25, -0.2) is 0 Å². The van der Waals surface area contributed by atoms with E-state index in [0.717, 1.165) is 18.0 Å². The first-order chi connectivity index (χ1) is 9.20. The maximum absolute atomic E-state index is 5.88. The van der Waals surface area contributed by atoms with Crippen LogP contribution in [0.25, 0.3) is 0 Å². The van der Waals surface area contributed by atoms with Crippen LogP contribution in [0.15, 0.2) is 42.7 Å². The molecule has 0 saturated heterocycles. The van der Waals surface area contributed by atoms with Crippen molar-refractivity contribution in [3.63, 3.8) is 0 Å². The third-order valence-corrected chi connectivity index (χ3v) is 2.91. The van der Waals surface area contributed by atoms with Gasteiger partial charge in [-0.15, -0.1) is 0 Å². The predicted octanol–water partition coefficient (Wildman–Crippen LogP) is 2.70. The molecule has 1 aromatic heterocycles. The summed E-state index contributed by atoms with van der Waals surface area (Å²) >= 11 is 0. The third-order valence-electron chi connectivity index (χ3n) is 2.91. The number of nitrogens with two attached hydrogens (primary N) is 1. The van der Waals surface area contributed by atoms with Gasteiger partial charge >= 0.3 is 0 Å². The molecule has 0 radical (unpaired) electrons. The van der Waals surface area contributed by atoms with E-state index in [0.29, 0.717) is 12.3 Å². The van der Waals surface area contributed by atoms with Gasteiger partial charge in [-0.2, -0.15) is 0 Å². The second-order valence-electron chi connectivity index (χ2n) is 4.37. The van der Waals surface area contributed by atoms with Crippen LogP contribution in [0, 0.1) is 0 Å². The summed E-state index contributed by atoms with van der Waals surface area (Å²) in [4.78, 5) is 6.17. The molecule has 0 atom stereocenters. The molecule has 100 valence electrons. The molecule has 0 amide bonds. The van der Waals surface area contributed by atoms with Gasteiger partial charge in [-0.1, -0.05) is 0 Å². The molecule has 0 saturated carbocycles. The summed E-state index contributed by atoms with van der Waals surface area (Å²) in [7, 11) is 2.04. The normalized spacial score (nSPS) is 10.2. The van der Waals surface area contributed by atoms with Crippen molar-refractivity contribution in [1.82, 2.24) is 4.98 Å². The van der Waals surface area contributed by atoms with E-state index >= 15 is 0 Å². The topological polar surface area (TPSA) is 51.4 Å². The van der Waals surface area contributed by atoms with Gasteiger partial charge in [0.15, 0.2) is 0 Å². The van der Waals surface area contributed by atoms with E-state index in [4.69, 9.17) is 10.5 Å². The number of ether oxygens (including phenoxy) is 1. The average molecular weight is 257 g/mol. The van der Waals surface area contributed by atoms with Gasteiger partial charge in [0.2, 0.25) is 0 Å². The minimum Gasteiger partial charge on any atom is -0.492 e. The van der Waals surface area contributed by atoms with E-state index in [1.54, 1.807) is 12.4 Å². The number of aromatic nitrogens is 1. The molecule has 2 N–H and O–H groups in total. The van der Waals surface area contributed by atoms with Gasteiger partial charge in [0, 0.05) is 37.7 Å². The van der Waals surface area contributed by atoms with Crippen LogP contribution < -0.4 is 15.4 Å². The number of pyridine rings is 1. The summed E-state index contributed by atoms with van der Waals surface area (Å²) < 4.78 is 5.52. The van der Waals surface area contributed by atoms with Crippen molar-refractivity contribution in [3.05, 3.63) is 48.3 Å². The van der Waals surface area contributed by atoms with E-state index in [9.17, 15) is 0 Å². The first-order valence-electron chi connectivity index (χ1n) is 6.33. The Morgan fingerprint density at radius 3 is 2.63 bits per heavy atom. The maximum Gasteiger partial charge on any atom is 0.144 e. The fourth-order valence-corrected chi connectivity index (χ4v) is 1.89. The second kappa shape index (κ2) is 6.09. The highest BCUT2D eigenvalue weighted by Gasteiger charge is 2.06. The van der Waals surface area contributed by atoms with Crippen LogP contribution in [0.1, 0.15) is 12.5 Å². The Balaban J connectivity index is 2.15. The van der Waals surface area contributed by atoms with Crippen LogP contribution in [-0.4, -0.2) is 18.6 Å². The fraction of sp³-hybridized carbons (Fsp3) is 0.267. The summed E-state index contributed by atoms with van der Waals surface area (Å²) in [6.07, 6.45) is 3.61. The van der Waals surface area contributed by atoms with Gasteiger partial charge in [0.05, 0.1) is 12.3 Å². The van der Waals surface area contributed by atoms with Crippen LogP contribution in [0.4, 0.5) is 11.4 Å². The van der Waals surface area contributed by atoms with Crippen LogP contribution in [0.2, 0.25) is 0 Å². The molecule has 0 aliphatic heterocycles. The number of hydrogen-bond acceptors (Lipinski definition) is 4. The summed E-state index contributed by atoms with van der Waals surface area (Å²) in [6, 6.07) is 9.87. The molecular weight excluding hydrogens is 238 g/mol. The quantitative estimate of drug-likeness (QED) is 0.837. The lowest BCUT2D eigenvalue weighted by atomic mass is 10.2. The minimum absolute atomic E-state index is 0.613. The van der Waals surface area contributed by atoms with Crippen LogP contribution in [0.5, 0.6) is 5.75 Å². The fourth-order valence-electron chi connectivity index (χ4n) is 1.89. The molecule has 2 aromatic rings. The molecule has 4 nitrogen and oxygen atoms in total. The van der Waals surface area contributed by atoms with Gasteiger partial charge in [-0.05, 0) is 36.8 Å². The summed E-state index contributed by atoms with van der Waals surface area (Å²) in [6.45, 7) is 3.38. The molecule has 0 bridgehead atoms. The lowest BCUT2D eigenvalue weighted by Gasteiger charge is -2.20. The number of nitrogen functional groups attached to an aromatic ring is 1. The van der Waals surface area contributed by atoms with E-state index < -0.39 is 0 Å². The van der Waals surface area contributed by atoms with Crippen LogP contribution in [-0.2, 0) is 6.54 Å². The molecule has 0 unspecified atom stereocenters. The largest absolute Gasteiger partial charge is 0.492 e. The highest BCUT2D eigenvalue weighted by atomic mass is 16.5. The molecule has 0 fully saturated rings. The molecular formula is C15H19N3O. The standard InChI is InChI=1S/C15H19N3O/c1-3-19-15-10-13(4-5-14(15)16)18(2)11-12-6-8-17-9-7-12/h4-10H,3,11,16H2,1-2H3. The lowest BCUT2D eigenvalue weighted by molar-refractivity contribution is 0.342. The van der Waals surface area contributed by atoms with Crippen molar-refractivity contribution < 1.29 is 4.74 Å². The van der Waals surface area contributed by atoms with Gasteiger partial charge in [0.25, 0.3) is 0 Å². The minimum atomic E-state index is 0.613. The van der Waals surface area contributed by atoms with Crippen molar-refractivity contribution in [3.8, 4) is 5.75 Å². The SMILES string of the molecule is CCOc1cc(N(C)Cc2ccncc2)ccc1N. The number of nitrogens with zero attached hydrogens (tertiary/aromatic N) is 2. The Bertz CT molecular complexity index is 528. The highest BCUT2D eigenvalue weighted by molar-refractivity contribution is 5.62. The number of anilines is 2. The highest BCUT2D eigenvalue weighted by Crippen LogP contribution is 2.27. The smallest absolute Gasteiger partial charge is 0.144 e. The van der Waals surface area contributed by atoms with E-state index in [-0.39, 0.29) is 0 Å². The van der Waals surface area contributed by atoms with Crippen molar-refractivity contribution in [2.45, 2.75) is 13.5 Å². The molecule has 0 aliphatic carbocycles. The van der Waals surface area contributed by atoms with Crippen LogP contribution in [0.3, 0.4) is 0 Å². The summed E-state index contributed by atoms with van der Waals surface area (Å²) in [5, 5.41) is 0. The molecule has 2 rings (SSSR count). The van der Waals surface area contributed by atoms with Crippen LogP contribution >= 0.6 is 0 Å². The zero-order valence-electron chi connectivity index (χ0n) is 11.3. The first kappa shape index (κ1) is 13.2. The second-order valence-corrected chi connectivity index (χ2v) is 4.37. The van der Waals surface area contributed by atoms with E-state index in [1.165, 1.54) is 5.56 Å². The van der Waals surface area contributed by atoms with Gasteiger partial charge in [0.1, 0.15) is 5.75 Å². The predicted molar refractivity (Wildman–Crippen MR) is 78.4 cm³/mol. The lowest BCUT2D eigenvalue weighted by Crippen LogP contribution is -2.16. The molecule has 1 aromatic carbocycles. The van der Waals surface area contributed by atoms with Crippen molar-refractivity contribution in [1.29, 1.82) is 0 Å². The third kappa shape index (κ3) is 3.37. The molecule has 4 heteroatoms. The Morgan fingerprint density at radius 2 is 1.95 bits per heavy atom. The Labute approximate surface area is 113 Å². The number of hydrogen-bond donors (Lipinski definition) is 1. The van der Waals surface area contributed by atoms with Crippen molar-refractivity contribution in [2.24, 2.45) is 0 Å². The Morgan fingerprint density at radius 1 is 1.21 bits per heavy atom. The van der Waals surface area contributed by atoms with Crippen molar-refractivity contribution >= 4 is 11.4 Å². The van der Waals surface area contributed by atoms with E-state index in [2.05, 4.69) is 9.88 Å². The number of benzene rings is 1. The van der Waals surface area contributed by atoms with Crippen molar-refractivity contribution in [2.75, 3.05) is 24.3 Å².